The molecule has 1 spiro atoms. The van der Waals surface area contributed by atoms with Gasteiger partial charge in [-0.3, -0.25) is 14.4 Å². The second kappa shape index (κ2) is 11.5. The molecule has 0 aliphatic carbocycles. The Hall–Kier alpha value is -3.36. The molecular weight excluding hydrogens is 536 g/mol. The molecule has 7 atom stereocenters. The van der Waals surface area contributed by atoms with Gasteiger partial charge in [-0.1, -0.05) is 74.2 Å². The lowest BCUT2D eigenvalue weighted by molar-refractivity contribution is -0.154. The molecule has 2 amide bonds. The minimum absolute atomic E-state index is 0.0208. The molecule has 2 bridgehead atoms. The minimum atomic E-state index is -0.904. The Morgan fingerprint density at radius 3 is 2.44 bits per heavy atom. The molecule has 2 aromatic carbocycles. The quantitative estimate of drug-likeness (QED) is 0.329. The van der Waals surface area contributed by atoms with Crippen LogP contribution in [-0.4, -0.2) is 63.6 Å². The lowest BCUT2D eigenvalue weighted by atomic mass is 9.66. The lowest BCUT2D eigenvalue weighted by Crippen LogP contribution is -2.58. The summed E-state index contributed by atoms with van der Waals surface area (Å²) in [4.78, 5) is 46.4. The van der Waals surface area contributed by atoms with E-state index in [9.17, 15) is 14.7 Å². The van der Waals surface area contributed by atoms with Crippen molar-refractivity contribution in [3.63, 3.8) is 0 Å². The van der Waals surface area contributed by atoms with Crippen LogP contribution in [0.1, 0.15) is 36.1 Å². The van der Waals surface area contributed by atoms with Crippen molar-refractivity contribution < 1.29 is 24.2 Å². The molecule has 3 saturated heterocycles. The van der Waals surface area contributed by atoms with Crippen molar-refractivity contribution in [2.24, 2.45) is 17.8 Å². The van der Waals surface area contributed by atoms with Crippen LogP contribution in [0.5, 0.6) is 0 Å². The summed E-state index contributed by atoms with van der Waals surface area (Å²) in [6.07, 6.45) is 3.90. The second-order valence-electron chi connectivity index (χ2n) is 11.3. The number of carbonyl (C=O) groups excluding carboxylic acids is 3. The molecular formula is C33H38N2O5S. The number of likely N-dealkylation sites (tertiary alicyclic amines) is 1. The number of amides is 2. The number of nitrogens with zero attached hydrogens (tertiary/aromatic N) is 2. The van der Waals surface area contributed by atoms with Crippen LogP contribution >= 0.6 is 11.8 Å². The van der Waals surface area contributed by atoms with Crippen LogP contribution in [0.15, 0.2) is 73.8 Å². The van der Waals surface area contributed by atoms with E-state index in [0.29, 0.717) is 6.42 Å². The fraction of sp³-hybridized carbons (Fsp3) is 0.424. The molecule has 216 valence electrons. The van der Waals surface area contributed by atoms with Gasteiger partial charge in [0, 0.05) is 17.5 Å². The molecule has 5 rings (SSSR count). The van der Waals surface area contributed by atoms with Gasteiger partial charge in [0.15, 0.2) is 0 Å². The van der Waals surface area contributed by atoms with Crippen molar-refractivity contribution in [1.29, 1.82) is 0 Å². The Morgan fingerprint density at radius 2 is 1.83 bits per heavy atom. The smallest absolute Gasteiger partial charge is 0.311 e. The summed E-state index contributed by atoms with van der Waals surface area (Å²) in [5, 5.41) is 10.6. The molecule has 3 heterocycles. The van der Waals surface area contributed by atoms with Gasteiger partial charge in [0.2, 0.25) is 5.91 Å². The van der Waals surface area contributed by atoms with Gasteiger partial charge in [0.1, 0.15) is 12.6 Å². The Labute approximate surface area is 246 Å². The number of aliphatic hydroxyl groups excluding tert-OH is 1. The van der Waals surface area contributed by atoms with E-state index in [4.69, 9.17) is 4.74 Å². The third-order valence-electron chi connectivity index (χ3n) is 9.01. The lowest BCUT2D eigenvalue weighted by Gasteiger charge is -2.42. The number of aryl methyl sites for hydroxylation is 2. The van der Waals surface area contributed by atoms with Crippen LogP contribution in [0, 0.1) is 31.6 Å². The van der Waals surface area contributed by atoms with E-state index >= 15 is 4.79 Å². The molecule has 0 saturated carbocycles. The normalized spacial score (nSPS) is 28.7. The van der Waals surface area contributed by atoms with Crippen LogP contribution in [0.25, 0.3) is 0 Å². The zero-order chi connectivity index (χ0) is 29.5. The summed E-state index contributed by atoms with van der Waals surface area (Å²) in [6, 6.07) is 13.5. The van der Waals surface area contributed by atoms with Gasteiger partial charge in [-0.2, -0.15) is 0 Å². The minimum Gasteiger partial charge on any atom is -0.461 e. The molecule has 7 nitrogen and oxygen atoms in total. The van der Waals surface area contributed by atoms with Crippen LogP contribution < -0.4 is 4.90 Å². The van der Waals surface area contributed by atoms with Crippen molar-refractivity contribution in [3.05, 3.63) is 90.5 Å². The van der Waals surface area contributed by atoms with Crippen molar-refractivity contribution >= 4 is 35.2 Å². The zero-order valence-electron chi connectivity index (χ0n) is 23.9. The summed E-state index contributed by atoms with van der Waals surface area (Å²) in [7, 11) is 0. The van der Waals surface area contributed by atoms with Crippen molar-refractivity contribution in [1.82, 2.24) is 4.90 Å². The number of thioether (sulfide) groups is 1. The highest BCUT2D eigenvalue weighted by atomic mass is 32.2. The average molecular weight is 575 g/mol. The SMILES string of the molecule is C=CCOC(=O)[C@@H]1[C@H]2C(=O)N([C@H](CO)c3ccccc3)C(C(=O)N(CC=C)c3c(C)cccc3C)C23S[C@@H]1CC3C. The van der Waals surface area contributed by atoms with Crippen LogP contribution in [-0.2, 0) is 19.1 Å². The number of hydrogen-bond donors (Lipinski definition) is 1. The third-order valence-corrected chi connectivity index (χ3v) is 11.1. The molecule has 3 aliphatic rings. The molecule has 8 heteroatoms. The summed E-state index contributed by atoms with van der Waals surface area (Å²) < 4.78 is 4.65. The first-order chi connectivity index (χ1) is 19.7. The number of ether oxygens (including phenoxy) is 1. The van der Waals surface area contributed by atoms with Crippen molar-refractivity contribution in [2.45, 2.75) is 49.3 Å². The average Bonchev–Trinajstić information content (AvgIpc) is 3.56. The number of rotatable bonds is 10. The first-order valence-electron chi connectivity index (χ1n) is 14.1. The maximum absolute atomic E-state index is 15.0. The first-order valence-corrected chi connectivity index (χ1v) is 15.0. The fourth-order valence-corrected chi connectivity index (χ4v) is 9.80. The highest BCUT2D eigenvalue weighted by Gasteiger charge is 2.77. The van der Waals surface area contributed by atoms with Gasteiger partial charge in [-0.25, -0.2) is 0 Å². The largest absolute Gasteiger partial charge is 0.461 e. The van der Waals surface area contributed by atoms with E-state index in [-0.39, 0.29) is 42.7 Å². The van der Waals surface area contributed by atoms with Gasteiger partial charge in [-0.15, -0.1) is 18.3 Å². The van der Waals surface area contributed by atoms with Gasteiger partial charge >= 0.3 is 5.97 Å². The molecule has 1 N–H and O–H groups in total. The molecule has 3 unspecified atom stereocenters. The van der Waals surface area contributed by atoms with Crippen LogP contribution in [0.4, 0.5) is 5.69 Å². The van der Waals surface area contributed by atoms with E-state index < -0.39 is 34.6 Å². The molecule has 3 fully saturated rings. The first kappa shape index (κ1) is 29.1. The number of carbonyl (C=O) groups is 3. The predicted molar refractivity (Wildman–Crippen MR) is 161 cm³/mol. The molecule has 0 aromatic heterocycles. The zero-order valence-corrected chi connectivity index (χ0v) is 24.7. The van der Waals surface area contributed by atoms with E-state index in [2.05, 4.69) is 20.1 Å². The molecule has 3 aliphatic heterocycles. The monoisotopic (exact) mass is 574 g/mol. The second-order valence-corrected chi connectivity index (χ2v) is 12.9. The van der Waals surface area contributed by atoms with Gasteiger partial charge in [0.25, 0.3) is 5.91 Å². The number of para-hydroxylation sites is 1. The summed E-state index contributed by atoms with van der Waals surface area (Å²) >= 11 is 1.59. The summed E-state index contributed by atoms with van der Waals surface area (Å²) in [5.74, 6) is -2.38. The predicted octanol–water partition coefficient (Wildman–Crippen LogP) is 4.62. The Balaban J connectivity index is 1.69. The molecule has 2 aromatic rings. The maximum Gasteiger partial charge on any atom is 0.311 e. The Bertz CT molecular complexity index is 1340. The Kier molecular flexibility index (Phi) is 8.17. The van der Waals surface area contributed by atoms with E-state index in [1.165, 1.54) is 6.08 Å². The van der Waals surface area contributed by atoms with Crippen molar-refractivity contribution in [3.8, 4) is 0 Å². The molecule has 41 heavy (non-hydrogen) atoms. The van der Waals surface area contributed by atoms with Crippen LogP contribution in [0.2, 0.25) is 0 Å². The highest BCUT2D eigenvalue weighted by molar-refractivity contribution is 8.02. The number of aliphatic hydroxyl groups is 1. The van der Waals surface area contributed by atoms with Crippen molar-refractivity contribution in [2.75, 3.05) is 24.7 Å². The summed E-state index contributed by atoms with van der Waals surface area (Å²) in [5.41, 5.74) is 3.40. The number of fused-ring (bicyclic) bond motifs is 1. The maximum atomic E-state index is 15.0. The topological polar surface area (TPSA) is 87.1 Å². The van der Waals surface area contributed by atoms with E-state index in [1.807, 2.05) is 62.4 Å². The number of esters is 1. The number of hydrogen-bond acceptors (Lipinski definition) is 6. The van der Waals surface area contributed by atoms with Gasteiger partial charge < -0.3 is 19.6 Å². The fourth-order valence-electron chi connectivity index (χ4n) is 7.41. The Morgan fingerprint density at radius 1 is 1.15 bits per heavy atom. The summed E-state index contributed by atoms with van der Waals surface area (Å²) in [6.45, 7) is 13.6. The molecule has 0 radical (unpaired) electrons. The third kappa shape index (κ3) is 4.52. The van der Waals surface area contributed by atoms with Gasteiger partial charge in [-0.05, 0) is 42.9 Å². The highest BCUT2D eigenvalue weighted by Crippen LogP contribution is 2.69. The number of benzene rings is 2. The van der Waals surface area contributed by atoms with E-state index in [1.54, 1.807) is 27.6 Å². The standard InChI is InChI=1S/C33H38N2O5S/c1-6-16-34(28-20(3)12-11-13-21(28)4)31(38)29-33-22(5)18-25(41-33)26(32(39)40-17-7-2)27(33)30(37)35(29)24(19-36)23-14-9-8-10-15-23/h6-15,22,24-27,29,36H,1-2,16-19H2,3-5H3/t22?,24-,25-,26+,27+,29?,33?/m1/s1. The van der Waals surface area contributed by atoms with E-state index in [0.717, 1.165) is 22.4 Å². The number of anilines is 1. The van der Waals surface area contributed by atoms with Gasteiger partial charge in [0.05, 0.1) is 29.2 Å². The van der Waals surface area contributed by atoms with Crippen LogP contribution in [0.3, 0.4) is 0 Å².